The number of rotatable bonds is 9. The van der Waals surface area contributed by atoms with E-state index < -0.39 is 0 Å². The number of benzene rings is 1. The number of nitriles is 1. The molecule has 2 aromatic rings. The molecule has 1 aliphatic rings. The number of nitroso groups, excluding NO2 is 1. The van der Waals surface area contributed by atoms with Crippen LogP contribution in [0.2, 0.25) is 0 Å². The monoisotopic (exact) mass is 434 g/mol. The van der Waals surface area contributed by atoms with Crippen LogP contribution in [0.1, 0.15) is 57.0 Å². The Bertz CT molecular complexity index is 907. The van der Waals surface area contributed by atoms with Crippen LogP contribution < -0.4 is 4.90 Å². The highest BCUT2D eigenvalue weighted by Gasteiger charge is 2.20. The second-order valence-corrected chi connectivity index (χ2v) is 9.87. The average Bonchev–Trinajstić information content (AvgIpc) is 2.79. The molecule has 32 heavy (non-hydrogen) atoms. The molecule has 1 aromatic heterocycles. The zero-order valence-corrected chi connectivity index (χ0v) is 19.5. The van der Waals surface area contributed by atoms with Gasteiger partial charge in [0.25, 0.3) is 0 Å². The molecule has 1 aromatic carbocycles. The Morgan fingerprint density at radius 1 is 1.16 bits per heavy atom. The minimum Gasteiger partial charge on any atom is -0.352 e. The van der Waals surface area contributed by atoms with E-state index in [0.717, 1.165) is 64.2 Å². The van der Waals surface area contributed by atoms with Crippen molar-refractivity contribution in [1.29, 1.82) is 5.26 Å². The van der Waals surface area contributed by atoms with Gasteiger partial charge in [-0.3, -0.25) is 0 Å². The Morgan fingerprint density at radius 3 is 2.47 bits per heavy atom. The molecule has 7 nitrogen and oxygen atoms in total. The van der Waals surface area contributed by atoms with E-state index in [4.69, 9.17) is 5.26 Å². The molecule has 0 aliphatic carbocycles. The summed E-state index contributed by atoms with van der Waals surface area (Å²) in [4.78, 5) is 23.7. The first-order chi connectivity index (χ1) is 15.4. The number of anilines is 1. The van der Waals surface area contributed by atoms with Crippen LogP contribution >= 0.6 is 0 Å². The van der Waals surface area contributed by atoms with Crippen molar-refractivity contribution in [3.63, 3.8) is 0 Å². The lowest BCUT2D eigenvalue weighted by atomic mass is 9.95. The van der Waals surface area contributed by atoms with Crippen LogP contribution in [-0.2, 0) is 13.0 Å². The fraction of sp³-hybridized carbons (Fsp3) is 0.560. The molecule has 1 aliphatic heterocycles. The Labute approximate surface area is 191 Å². The maximum absolute atomic E-state index is 10.6. The number of aromatic nitrogens is 2. The van der Waals surface area contributed by atoms with Crippen LogP contribution in [0.4, 0.5) is 5.82 Å². The summed E-state index contributed by atoms with van der Waals surface area (Å²) in [5, 5.41) is 12.3. The normalized spacial score (nSPS) is 15.3. The summed E-state index contributed by atoms with van der Waals surface area (Å²) in [7, 11) is 0. The van der Waals surface area contributed by atoms with Crippen molar-refractivity contribution in [3.8, 4) is 6.07 Å². The highest BCUT2D eigenvalue weighted by atomic mass is 16.3. The molecule has 170 valence electrons. The van der Waals surface area contributed by atoms with Gasteiger partial charge in [-0.2, -0.15) is 10.2 Å². The predicted octanol–water partition coefficient (Wildman–Crippen LogP) is 4.56. The molecular weight excluding hydrogens is 400 g/mol. The van der Waals surface area contributed by atoms with Crippen LogP contribution in [0.25, 0.3) is 0 Å². The summed E-state index contributed by atoms with van der Waals surface area (Å²) >= 11 is 0. The lowest BCUT2D eigenvalue weighted by molar-refractivity contribution is 0.211. The first-order valence-corrected chi connectivity index (χ1v) is 11.5. The van der Waals surface area contributed by atoms with E-state index in [2.05, 4.69) is 70.0 Å². The lowest BCUT2D eigenvalue weighted by Gasteiger charge is -2.31. The first-order valence-electron chi connectivity index (χ1n) is 11.5. The van der Waals surface area contributed by atoms with E-state index >= 15 is 0 Å². The zero-order valence-electron chi connectivity index (χ0n) is 19.5. The third-order valence-electron chi connectivity index (χ3n) is 5.77. The molecule has 3 rings (SSSR count). The molecule has 0 unspecified atom stereocenters. The van der Waals surface area contributed by atoms with Gasteiger partial charge in [-0.05, 0) is 54.8 Å². The van der Waals surface area contributed by atoms with Gasteiger partial charge in [0.05, 0.1) is 6.04 Å². The number of nitrogens with zero attached hydrogens (tertiary/aromatic N) is 6. The minimum atomic E-state index is 0.0190. The fourth-order valence-electron chi connectivity index (χ4n) is 4.16. The molecule has 0 amide bonds. The van der Waals surface area contributed by atoms with E-state index in [9.17, 15) is 4.91 Å². The van der Waals surface area contributed by atoms with Gasteiger partial charge < -0.3 is 9.80 Å². The van der Waals surface area contributed by atoms with Crippen molar-refractivity contribution in [1.82, 2.24) is 14.9 Å². The first kappa shape index (κ1) is 23.8. The fourth-order valence-corrected chi connectivity index (χ4v) is 4.16. The Balaban J connectivity index is 1.56. The molecule has 1 fully saturated rings. The standard InChI is InChI=1S/C25H34N6O/c1-25(2,3)19-31(24-10-13-27-23(17-26)28-24)18-21-8-6-20(7-9-21)5-4-14-30-15-11-22(29-32)12-16-30/h6-10,13,22H,4-5,11-12,14-16,18-19H2,1-3H3. The largest absolute Gasteiger partial charge is 0.352 e. The van der Waals surface area contributed by atoms with Crippen LogP contribution in [0.3, 0.4) is 0 Å². The Kier molecular flexibility index (Phi) is 8.29. The molecule has 0 saturated carbocycles. The molecule has 0 N–H and O–H groups in total. The van der Waals surface area contributed by atoms with Crippen molar-refractivity contribution in [2.75, 3.05) is 31.1 Å². The SMILES string of the molecule is CC(C)(C)CN(Cc1ccc(CCCN2CCC(N=O)CC2)cc1)c1ccnc(C#N)n1. The second-order valence-electron chi connectivity index (χ2n) is 9.87. The molecule has 0 atom stereocenters. The van der Waals surface area contributed by atoms with E-state index in [-0.39, 0.29) is 17.3 Å². The van der Waals surface area contributed by atoms with Crippen molar-refractivity contribution < 1.29 is 0 Å². The van der Waals surface area contributed by atoms with Crippen molar-refractivity contribution >= 4 is 5.82 Å². The van der Waals surface area contributed by atoms with Gasteiger partial charge in [0.1, 0.15) is 11.9 Å². The van der Waals surface area contributed by atoms with Crippen molar-refractivity contribution in [2.45, 2.75) is 59.0 Å². The maximum atomic E-state index is 10.6. The lowest BCUT2D eigenvalue weighted by Crippen LogP contribution is -2.35. The smallest absolute Gasteiger partial charge is 0.234 e. The summed E-state index contributed by atoms with van der Waals surface area (Å²) in [6, 6.07) is 12.7. The molecular formula is C25H34N6O. The molecule has 7 heteroatoms. The number of likely N-dealkylation sites (tertiary alicyclic amines) is 1. The van der Waals surface area contributed by atoms with Gasteiger partial charge in [0.15, 0.2) is 0 Å². The summed E-state index contributed by atoms with van der Waals surface area (Å²) in [6.07, 6.45) is 5.61. The third-order valence-corrected chi connectivity index (χ3v) is 5.77. The van der Waals surface area contributed by atoms with E-state index in [1.54, 1.807) is 6.20 Å². The summed E-state index contributed by atoms with van der Waals surface area (Å²) in [5.41, 5.74) is 2.65. The van der Waals surface area contributed by atoms with Gasteiger partial charge >= 0.3 is 0 Å². The van der Waals surface area contributed by atoms with Crippen LogP contribution in [-0.4, -0.2) is 47.1 Å². The molecule has 2 heterocycles. The summed E-state index contributed by atoms with van der Waals surface area (Å²) in [5.74, 6) is 0.979. The Hall–Kier alpha value is -2.85. The average molecular weight is 435 g/mol. The van der Waals surface area contributed by atoms with Gasteiger partial charge in [-0.15, -0.1) is 0 Å². The van der Waals surface area contributed by atoms with Crippen LogP contribution in [0, 0.1) is 21.7 Å². The summed E-state index contributed by atoms with van der Waals surface area (Å²) < 4.78 is 0. The highest BCUT2D eigenvalue weighted by molar-refractivity contribution is 5.41. The van der Waals surface area contributed by atoms with E-state index in [1.807, 2.05) is 12.1 Å². The van der Waals surface area contributed by atoms with Crippen molar-refractivity contribution in [2.24, 2.45) is 10.6 Å². The molecule has 0 spiro atoms. The minimum absolute atomic E-state index is 0.0190. The predicted molar refractivity (Wildman–Crippen MR) is 127 cm³/mol. The summed E-state index contributed by atoms with van der Waals surface area (Å²) in [6.45, 7) is 11.2. The maximum Gasteiger partial charge on any atom is 0.234 e. The molecule has 0 bridgehead atoms. The van der Waals surface area contributed by atoms with E-state index in [0.29, 0.717) is 0 Å². The van der Waals surface area contributed by atoms with E-state index in [1.165, 1.54) is 11.1 Å². The van der Waals surface area contributed by atoms with Crippen LogP contribution in [0.5, 0.6) is 0 Å². The number of aryl methyl sites for hydroxylation is 1. The zero-order chi connectivity index (χ0) is 23.0. The topological polar surface area (TPSA) is 85.5 Å². The Morgan fingerprint density at radius 2 is 1.84 bits per heavy atom. The van der Waals surface area contributed by atoms with Crippen molar-refractivity contribution in [3.05, 3.63) is 58.4 Å². The van der Waals surface area contributed by atoms with Gasteiger partial charge in [0.2, 0.25) is 5.82 Å². The quantitative estimate of drug-likeness (QED) is 0.538. The second kappa shape index (κ2) is 11.1. The molecule has 0 radical (unpaired) electrons. The van der Waals surface area contributed by atoms with Gasteiger partial charge in [-0.1, -0.05) is 50.2 Å². The number of hydrogen-bond acceptors (Lipinski definition) is 7. The number of hydrogen-bond donors (Lipinski definition) is 0. The number of piperidine rings is 1. The highest BCUT2D eigenvalue weighted by Crippen LogP contribution is 2.22. The van der Waals surface area contributed by atoms with Gasteiger partial charge in [-0.25, -0.2) is 9.97 Å². The van der Waals surface area contributed by atoms with Gasteiger partial charge in [0, 0.05) is 32.4 Å². The third kappa shape index (κ3) is 7.38. The molecule has 1 saturated heterocycles. The van der Waals surface area contributed by atoms with Crippen LogP contribution in [0.15, 0.2) is 41.7 Å².